The molecule has 2 aliphatic rings. The Balaban J connectivity index is 2.33. The van der Waals surface area contributed by atoms with Crippen LogP contribution in [0.15, 0.2) is 22.8 Å². The van der Waals surface area contributed by atoms with E-state index in [9.17, 15) is 4.79 Å². The normalized spacial score (nSPS) is 25.9. The number of carbonyl (C=O) groups excluding carboxylic acids is 1. The van der Waals surface area contributed by atoms with Crippen molar-refractivity contribution in [3.8, 4) is 0 Å². The standard InChI is InChI=1S/C12H16O2/c1-8-6-7-9-4-3-5-10(11(8)9)12(13)14-2/h5,8H,3-4,6-7H2,1-2H3. The van der Waals surface area contributed by atoms with E-state index < -0.39 is 0 Å². The fraction of sp³-hybridized carbons (Fsp3) is 0.583. The van der Waals surface area contributed by atoms with Crippen molar-refractivity contribution in [3.05, 3.63) is 22.8 Å². The van der Waals surface area contributed by atoms with Crippen molar-refractivity contribution in [2.75, 3.05) is 7.11 Å². The third kappa shape index (κ3) is 1.39. The van der Waals surface area contributed by atoms with E-state index in [0.717, 1.165) is 18.4 Å². The number of ether oxygens (including phenoxy) is 1. The van der Waals surface area contributed by atoms with Gasteiger partial charge in [0.2, 0.25) is 0 Å². The molecule has 0 aliphatic heterocycles. The van der Waals surface area contributed by atoms with Gasteiger partial charge in [0.05, 0.1) is 12.7 Å². The molecule has 76 valence electrons. The molecule has 0 aromatic rings. The van der Waals surface area contributed by atoms with Crippen LogP contribution in [0.25, 0.3) is 0 Å². The van der Waals surface area contributed by atoms with E-state index in [1.165, 1.54) is 31.1 Å². The fourth-order valence-corrected chi connectivity index (χ4v) is 2.54. The van der Waals surface area contributed by atoms with Gasteiger partial charge in [-0.05, 0) is 37.2 Å². The van der Waals surface area contributed by atoms with Crippen LogP contribution < -0.4 is 0 Å². The van der Waals surface area contributed by atoms with E-state index >= 15 is 0 Å². The molecule has 0 amide bonds. The molecule has 1 unspecified atom stereocenters. The maximum Gasteiger partial charge on any atom is 0.337 e. The molecule has 0 radical (unpaired) electrons. The third-order valence-corrected chi connectivity index (χ3v) is 3.24. The Hall–Kier alpha value is -1.05. The van der Waals surface area contributed by atoms with Crippen LogP contribution in [-0.2, 0) is 9.53 Å². The Morgan fingerprint density at radius 3 is 3.00 bits per heavy atom. The van der Waals surface area contributed by atoms with E-state index in [1.54, 1.807) is 0 Å². The lowest BCUT2D eigenvalue weighted by Crippen LogP contribution is -2.12. The van der Waals surface area contributed by atoms with Crippen molar-refractivity contribution in [3.63, 3.8) is 0 Å². The topological polar surface area (TPSA) is 26.3 Å². The predicted molar refractivity (Wildman–Crippen MR) is 54.8 cm³/mol. The van der Waals surface area contributed by atoms with Gasteiger partial charge in [-0.15, -0.1) is 0 Å². The highest BCUT2D eigenvalue weighted by Crippen LogP contribution is 2.41. The van der Waals surface area contributed by atoms with Crippen molar-refractivity contribution >= 4 is 5.97 Å². The highest BCUT2D eigenvalue weighted by atomic mass is 16.5. The van der Waals surface area contributed by atoms with Crippen LogP contribution in [0.1, 0.15) is 32.6 Å². The first kappa shape index (κ1) is 9.50. The molecule has 0 fully saturated rings. The van der Waals surface area contributed by atoms with Gasteiger partial charge in [0, 0.05) is 0 Å². The molecule has 2 rings (SSSR count). The first-order chi connectivity index (χ1) is 6.74. The van der Waals surface area contributed by atoms with Crippen molar-refractivity contribution in [1.29, 1.82) is 0 Å². The minimum atomic E-state index is -0.161. The second kappa shape index (κ2) is 3.60. The monoisotopic (exact) mass is 192 g/mol. The maximum absolute atomic E-state index is 11.5. The number of hydrogen-bond acceptors (Lipinski definition) is 2. The van der Waals surface area contributed by atoms with Gasteiger partial charge in [-0.1, -0.05) is 18.6 Å². The lowest BCUT2D eigenvalue weighted by atomic mass is 9.89. The molecule has 0 saturated carbocycles. The Morgan fingerprint density at radius 2 is 2.29 bits per heavy atom. The largest absolute Gasteiger partial charge is 0.465 e. The van der Waals surface area contributed by atoms with E-state index in [0.29, 0.717) is 5.92 Å². The third-order valence-electron chi connectivity index (χ3n) is 3.24. The summed E-state index contributed by atoms with van der Waals surface area (Å²) in [5.41, 5.74) is 3.60. The molecular formula is C12H16O2. The number of carbonyl (C=O) groups is 1. The lowest BCUT2D eigenvalue weighted by Gasteiger charge is -2.17. The second-order valence-corrected chi connectivity index (χ2v) is 4.11. The molecule has 2 aliphatic carbocycles. The first-order valence-corrected chi connectivity index (χ1v) is 5.24. The molecule has 0 aromatic heterocycles. The number of hydrogen-bond donors (Lipinski definition) is 0. The maximum atomic E-state index is 11.5. The minimum absolute atomic E-state index is 0.161. The molecule has 0 spiro atoms. The summed E-state index contributed by atoms with van der Waals surface area (Å²) in [5, 5.41) is 0. The Bertz CT molecular complexity index is 323. The SMILES string of the molecule is COC(=O)C1=CCCC2=C1C(C)CC2. The Morgan fingerprint density at radius 1 is 1.50 bits per heavy atom. The van der Waals surface area contributed by atoms with Crippen molar-refractivity contribution in [1.82, 2.24) is 0 Å². The summed E-state index contributed by atoms with van der Waals surface area (Å²) < 4.78 is 4.80. The highest BCUT2D eigenvalue weighted by molar-refractivity contribution is 5.94. The van der Waals surface area contributed by atoms with Crippen molar-refractivity contribution in [2.45, 2.75) is 32.6 Å². The van der Waals surface area contributed by atoms with Gasteiger partial charge in [-0.2, -0.15) is 0 Å². The van der Waals surface area contributed by atoms with Crippen molar-refractivity contribution in [2.24, 2.45) is 5.92 Å². The molecular weight excluding hydrogens is 176 g/mol. The average molecular weight is 192 g/mol. The zero-order chi connectivity index (χ0) is 10.1. The molecule has 1 atom stereocenters. The number of rotatable bonds is 1. The van der Waals surface area contributed by atoms with Gasteiger partial charge in [-0.3, -0.25) is 0 Å². The molecule has 0 bridgehead atoms. The first-order valence-electron chi connectivity index (χ1n) is 5.24. The van der Waals surface area contributed by atoms with E-state index in [-0.39, 0.29) is 5.97 Å². The predicted octanol–water partition coefficient (Wildman–Crippen LogP) is 2.61. The average Bonchev–Trinajstić information content (AvgIpc) is 2.59. The minimum Gasteiger partial charge on any atom is -0.465 e. The van der Waals surface area contributed by atoms with E-state index in [2.05, 4.69) is 6.92 Å². The summed E-state index contributed by atoms with van der Waals surface area (Å²) in [4.78, 5) is 11.5. The molecule has 2 heteroatoms. The van der Waals surface area contributed by atoms with Crippen LogP contribution in [0.5, 0.6) is 0 Å². The smallest absolute Gasteiger partial charge is 0.337 e. The van der Waals surface area contributed by atoms with Gasteiger partial charge >= 0.3 is 5.97 Å². The number of methoxy groups -OCH3 is 1. The van der Waals surface area contributed by atoms with Gasteiger partial charge in [0.15, 0.2) is 0 Å². The summed E-state index contributed by atoms with van der Waals surface area (Å²) in [6.45, 7) is 2.20. The molecule has 0 heterocycles. The zero-order valence-electron chi connectivity index (χ0n) is 8.80. The van der Waals surface area contributed by atoms with Crippen LogP contribution in [0, 0.1) is 5.92 Å². The molecule has 14 heavy (non-hydrogen) atoms. The zero-order valence-corrected chi connectivity index (χ0v) is 8.80. The van der Waals surface area contributed by atoms with Gasteiger partial charge < -0.3 is 4.74 Å². The van der Waals surface area contributed by atoms with Crippen LogP contribution in [0.3, 0.4) is 0 Å². The molecule has 0 N–H and O–H groups in total. The van der Waals surface area contributed by atoms with Crippen LogP contribution >= 0.6 is 0 Å². The van der Waals surface area contributed by atoms with Gasteiger partial charge in [0.1, 0.15) is 0 Å². The molecule has 0 aromatic carbocycles. The van der Waals surface area contributed by atoms with Crippen molar-refractivity contribution < 1.29 is 9.53 Å². The van der Waals surface area contributed by atoms with Gasteiger partial charge in [0.25, 0.3) is 0 Å². The summed E-state index contributed by atoms with van der Waals surface area (Å²) in [7, 11) is 1.46. The summed E-state index contributed by atoms with van der Waals surface area (Å²) in [5.74, 6) is 0.376. The fourth-order valence-electron chi connectivity index (χ4n) is 2.54. The number of esters is 1. The Kier molecular flexibility index (Phi) is 2.44. The van der Waals surface area contributed by atoms with Crippen LogP contribution in [0.4, 0.5) is 0 Å². The lowest BCUT2D eigenvalue weighted by molar-refractivity contribution is -0.135. The summed E-state index contributed by atoms with van der Waals surface area (Å²) in [6.07, 6.45) is 6.53. The summed E-state index contributed by atoms with van der Waals surface area (Å²) in [6, 6.07) is 0. The number of allylic oxidation sites excluding steroid dienone is 2. The van der Waals surface area contributed by atoms with Crippen LogP contribution in [-0.4, -0.2) is 13.1 Å². The quantitative estimate of drug-likeness (QED) is 0.597. The Labute approximate surface area is 84.6 Å². The highest BCUT2D eigenvalue weighted by Gasteiger charge is 2.29. The second-order valence-electron chi connectivity index (χ2n) is 4.11. The molecule has 0 saturated heterocycles. The summed E-state index contributed by atoms with van der Waals surface area (Å²) >= 11 is 0. The molecule has 2 nitrogen and oxygen atoms in total. The van der Waals surface area contributed by atoms with Crippen LogP contribution in [0.2, 0.25) is 0 Å². The van der Waals surface area contributed by atoms with Gasteiger partial charge in [-0.25, -0.2) is 4.79 Å². The van der Waals surface area contributed by atoms with E-state index in [1.807, 2.05) is 6.08 Å². The van der Waals surface area contributed by atoms with E-state index in [4.69, 9.17) is 4.74 Å².